The number of para-hydroxylation sites is 1. The lowest BCUT2D eigenvalue weighted by molar-refractivity contribution is -0.275. The van der Waals surface area contributed by atoms with E-state index in [4.69, 9.17) is 0 Å². The number of nitrogens with one attached hydrogen (secondary N) is 1. The molecule has 0 saturated carbocycles. The normalized spacial score (nSPS) is 13.8. The van der Waals surface area contributed by atoms with Crippen LogP contribution in [0.15, 0.2) is 82.7 Å². The van der Waals surface area contributed by atoms with Crippen LogP contribution in [0.4, 0.5) is 18.9 Å². The molecule has 0 spiro atoms. The van der Waals surface area contributed by atoms with Gasteiger partial charge < -0.3 is 4.74 Å². The first-order chi connectivity index (χ1) is 14.7. The first-order valence-corrected chi connectivity index (χ1v) is 10.8. The van der Waals surface area contributed by atoms with Crippen LogP contribution in [0.3, 0.4) is 0 Å². The van der Waals surface area contributed by atoms with Gasteiger partial charge in [0.25, 0.3) is 10.0 Å². The molecule has 3 aromatic carbocycles. The smallest absolute Gasteiger partial charge is 0.404 e. The van der Waals surface area contributed by atoms with E-state index in [2.05, 4.69) is 14.5 Å². The molecule has 4 rings (SSSR count). The van der Waals surface area contributed by atoms with Crippen LogP contribution < -0.4 is 9.46 Å². The SMILES string of the molecule is O=S(=O)(Nc1ccc(C2=NCCc3ccccc32)cc1)c1ccccc1OC(F)(F)F. The second-order valence-electron chi connectivity index (χ2n) is 6.81. The third-order valence-corrected chi connectivity index (χ3v) is 6.12. The Morgan fingerprint density at radius 2 is 1.58 bits per heavy atom. The van der Waals surface area contributed by atoms with E-state index in [1.807, 2.05) is 24.3 Å². The number of fused-ring (bicyclic) bond motifs is 1. The van der Waals surface area contributed by atoms with Crippen LogP contribution in [0.25, 0.3) is 0 Å². The molecule has 3 aromatic rings. The number of benzene rings is 3. The van der Waals surface area contributed by atoms with Crippen LogP contribution >= 0.6 is 0 Å². The number of halogens is 3. The third-order valence-electron chi connectivity index (χ3n) is 4.70. The molecule has 0 fully saturated rings. The summed E-state index contributed by atoms with van der Waals surface area (Å²) in [4.78, 5) is 3.98. The average Bonchev–Trinajstić information content (AvgIpc) is 2.73. The Balaban J connectivity index is 1.58. The molecule has 160 valence electrons. The molecule has 0 aliphatic carbocycles. The summed E-state index contributed by atoms with van der Waals surface area (Å²) >= 11 is 0. The monoisotopic (exact) mass is 446 g/mol. The van der Waals surface area contributed by atoms with Gasteiger partial charge in [0.2, 0.25) is 0 Å². The van der Waals surface area contributed by atoms with E-state index in [0.29, 0.717) is 6.54 Å². The molecule has 0 aromatic heterocycles. The molecule has 1 heterocycles. The fourth-order valence-corrected chi connectivity index (χ4v) is 4.57. The molecule has 1 aliphatic heterocycles. The minimum absolute atomic E-state index is 0.204. The summed E-state index contributed by atoms with van der Waals surface area (Å²) in [7, 11) is -4.31. The quantitative estimate of drug-likeness (QED) is 0.613. The summed E-state index contributed by atoms with van der Waals surface area (Å²) in [6.07, 6.45) is -4.15. The van der Waals surface area contributed by atoms with Crippen molar-refractivity contribution in [2.24, 2.45) is 4.99 Å². The molecular weight excluding hydrogens is 429 g/mol. The zero-order valence-corrected chi connectivity index (χ0v) is 16.9. The van der Waals surface area contributed by atoms with Crippen LogP contribution in [0.2, 0.25) is 0 Å². The maximum atomic E-state index is 12.7. The number of aliphatic imine (C=N–C) groups is 1. The van der Waals surface area contributed by atoms with Crippen molar-refractivity contribution in [2.45, 2.75) is 17.7 Å². The first-order valence-electron chi connectivity index (χ1n) is 9.34. The summed E-state index contributed by atoms with van der Waals surface area (Å²) in [5.41, 5.74) is 4.06. The summed E-state index contributed by atoms with van der Waals surface area (Å²) in [5, 5.41) is 0. The Kier molecular flexibility index (Phi) is 5.45. The Bertz CT molecular complexity index is 1240. The van der Waals surface area contributed by atoms with E-state index in [9.17, 15) is 21.6 Å². The number of anilines is 1. The minimum Gasteiger partial charge on any atom is -0.404 e. The average molecular weight is 446 g/mol. The summed E-state index contributed by atoms with van der Waals surface area (Å²) in [5.74, 6) is -0.799. The van der Waals surface area contributed by atoms with Crippen molar-refractivity contribution in [1.82, 2.24) is 0 Å². The van der Waals surface area contributed by atoms with Gasteiger partial charge in [0, 0.05) is 23.4 Å². The summed E-state index contributed by atoms with van der Waals surface area (Å²) in [6, 6.07) is 19.0. The second kappa shape index (κ2) is 8.07. The van der Waals surface area contributed by atoms with Gasteiger partial charge in [-0.3, -0.25) is 9.71 Å². The lowest BCUT2D eigenvalue weighted by Crippen LogP contribution is -2.21. The fourth-order valence-electron chi connectivity index (χ4n) is 3.38. The zero-order valence-electron chi connectivity index (χ0n) is 16.1. The molecule has 0 bridgehead atoms. The topological polar surface area (TPSA) is 67.8 Å². The third kappa shape index (κ3) is 4.72. The Labute approximate surface area is 177 Å². The minimum atomic E-state index is -5.01. The van der Waals surface area contributed by atoms with Gasteiger partial charge in [0.1, 0.15) is 10.6 Å². The number of ether oxygens (including phenoxy) is 1. The van der Waals surface area contributed by atoms with Crippen molar-refractivity contribution in [3.05, 3.63) is 89.5 Å². The number of hydrogen-bond acceptors (Lipinski definition) is 4. The van der Waals surface area contributed by atoms with E-state index in [-0.39, 0.29) is 5.69 Å². The van der Waals surface area contributed by atoms with Crippen LogP contribution in [0.5, 0.6) is 5.75 Å². The number of nitrogens with zero attached hydrogens (tertiary/aromatic N) is 1. The molecule has 0 saturated heterocycles. The molecule has 5 nitrogen and oxygen atoms in total. The Hall–Kier alpha value is -3.33. The molecule has 31 heavy (non-hydrogen) atoms. The number of rotatable bonds is 5. The van der Waals surface area contributed by atoms with Gasteiger partial charge >= 0.3 is 6.36 Å². The van der Waals surface area contributed by atoms with Crippen molar-refractivity contribution < 1.29 is 26.3 Å². The summed E-state index contributed by atoms with van der Waals surface area (Å²) < 4.78 is 69.3. The summed E-state index contributed by atoms with van der Waals surface area (Å²) in [6.45, 7) is 0.663. The van der Waals surface area contributed by atoms with Gasteiger partial charge in [-0.2, -0.15) is 0 Å². The zero-order chi connectivity index (χ0) is 22.1. The van der Waals surface area contributed by atoms with E-state index in [0.717, 1.165) is 35.4 Å². The standard InChI is InChI=1S/C22H17F3N2O3S/c23-22(24,25)30-19-7-3-4-8-20(19)31(28,29)27-17-11-9-16(10-12-17)21-18-6-2-1-5-15(18)13-14-26-21/h1-12,27H,13-14H2. The first kappa shape index (κ1) is 20.9. The van der Waals surface area contributed by atoms with Crippen LogP contribution in [-0.4, -0.2) is 27.0 Å². The van der Waals surface area contributed by atoms with E-state index < -0.39 is 27.0 Å². The molecular formula is C22H17F3N2O3S. The predicted molar refractivity (Wildman–Crippen MR) is 111 cm³/mol. The van der Waals surface area contributed by atoms with Gasteiger partial charge in [-0.25, -0.2) is 8.42 Å². The van der Waals surface area contributed by atoms with Crippen molar-refractivity contribution >= 4 is 21.4 Å². The maximum Gasteiger partial charge on any atom is 0.573 e. The predicted octanol–water partition coefficient (Wildman–Crippen LogP) is 4.78. The fraction of sp³-hybridized carbons (Fsp3) is 0.136. The highest BCUT2D eigenvalue weighted by molar-refractivity contribution is 7.92. The van der Waals surface area contributed by atoms with Gasteiger partial charge in [0.15, 0.2) is 0 Å². The van der Waals surface area contributed by atoms with Crippen molar-refractivity contribution in [3.8, 4) is 5.75 Å². The second-order valence-corrected chi connectivity index (χ2v) is 8.47. The molecule has 0 unspecified atom stereocenters. The highest BCUT2D eigenvalue weighted by Crippen LogP contribution is 2.30. The van der Waals surface area contributed by atoms with E-state index >= 15 is 0 Å². The van der Waals surface area contributed by atoms with Gasteiger partial charge in [-0.15, -0.1) is 13.2 Å². The molecule has 9 heteroatoms. The molecule has 0 amide bonds. The van der Waals surface area contributed by atoms with E-state index in [1.54, 1.807) is 24.3 Å². The number of hydrogen-bond donors (Lipinski definition) is 1. The van der Waals surface area contributed by atoms with Gasteiger partial charge in [-0.1, -0.05) is 48.5 Å². The van der Waals surface area contributed by atoms with Gasteiger partial charge in [0.05, 0.1) is 5.71 Å². The number of sulfonamides is 1. The van der Waals surface area contributed by atoms with Crippen molar-refractivity contribution in [2.75, 3.05) is 11.3 Å². The molecule has 0 atom stereocenters. The molecule has 1 N–H and O–H groups in total. The van der Waals surface area contributed by atoms with Crippen LogP contribution in [0.1, 0.15) is 16.7 Å². The van der Waals surface area contributed by atoms with E-state index in [1.165, 1.54) is 17.7 Å². The lowest BCUT2D eigenvalue weighted by Gasteiger charge is -2.17. The highest BCUT2D eigenvalue weighted by atomic mass is 32.2. The Morgan fingerprint density at radius 1 is 0.903 bits per heavy atom. The van der Waals surface area contributed by atoms with Crippen LogP contribution in [0, 0.1) is 0 Å². The largest absolute Gasteiger partial charge is 0.573 e. The molecule has 0 radical (unpaired) electrons. The number of alkyl halides is 3. The Morgan fingerprint density at radius 3 is 2.32 bits per heavy atom. The van der Waals surface area contributed by atoms with Gasteiger partial charge in [-0.05, 0) is 36.2 Å². The van der Waals surface area contributed by atoms with Crippen molar-refractivity contribution in [3.63, 3.8) is 0 Å². The van der Waals surface area contributed by atoms with Crippen LogP contribution in [-0.2, 0) is 16.4 Å². The highest BCUT2D eigenvalue weighted by Gasteiger charge is 2.34. The van der Waals surface area contributed by atoms with Crippen molar-refractivity contribution in [1.29, 1.82) is 0 Å². The maximum absolute atomic E-state index is 12.7. The lowest BCUT2D eigenvalue weighted by atomic mass is 9.93. The molecule has 1 aliphatic rings.